The van der Waals surface area contributed by atoms with Crippen LogP contribution in [0.2, 0.25) is 0 Å². The predicted octanol–water partition coefficient (Wildman–Crippen LogP) is 0.279. The van der Waals surface area contributed by atoms with Crippen LogP contribution in [0.4, 0.5) is 13.6 Å². The summed E-state index contributed by atoms with van der Waals surface area (Å²) in [4.78, 5) is 11.8. The van der Waals surface area contributed by atoms with Crippen LogP contribution in [0, 0.1) is 5.92 Å². The second kappa shape index (κ2) is 4.36. The monoisotopic (exact) mass is 194 g/mol. The van der Waals surface area contributed by atoms with Crippen LogP contribution in [0.5, 0.6) is 0 Å². The number of hydrogen-bond donors (Lipinski definition) is 1. The van der Waals surface area contributed by atoms with Crippen molar-refractivity contribution in [1.29, 1.82) is 0 Å². The fourth-order valence-corrected chi connectivity index (χ4v) is 1.33. The van der Waals surface area contributed by atoms with Gasteiger partial charge < -0.3 is 10.5 Å². The summed E-state index contributed by atoms with van der Waals surface area (Å²) in [5, 5.41) is 0. The first kappa shape index (κ1) is 10.2. The lowest BCUT2D eigenvalue weighted by Crippen LogP contribution is -2.50. The normalized spacial score (nSPS) is 18.7. The molecule has 0 aromatic heterocycles. The van der Waals surface area contributed by atoms with Crippen LogP contribution in [0.1, 0.15) is 0 Å². The molecule has 1 aliphatic rings. The molecular formula is C7H12F2N2O2. The number of carbonyl (C=O) groups is 1. The molecule has 6 heteroatoms. The van der Waals surface area contributed by atoms with E-state index in [9.17, 15) is 13.6 Å². The number of rotatable bonds is 4. The van der Waals surface area contributed by atoms with E-state index in [1.54, 1.807) is 4.90 Å². The third-order valence-electron chi connectivity index (χ3n) is 1.89. The summed E-state index contributed by atoms with van der Waals surface area (Å²) in [5.74, 6) is 0.159. The minimum absolute atomic E-state index is 0.159. The van der Waals surface area contributed by atoms with Crippen molar-refractivity contribution in [3.8, 4) is 0 Å². The van der Waals surface area contributed by atoms with Crippen molar-refractivity contribution in [2.24, 2.45) is 11.7 Å². The largest absolute Gasteiger partial charge is 0.449 e. The third-order valence-corrected chi connectivity index (χ3v) is 1.89. The van der Waals surface area contributed by atoms with E-state index in [0.717, 1.165) is 0 Å². The van der Waals surface area contributed by atoms with E-state index in [1.807, 2.05) is 0 Å². The van der Waals surface area contributed by atoms with E-state index in [1.165, 1.54) is 0 Å². The highest BCUT2D eigenvalue weighted by atomic mass is 19.3. The van der Waals surface area contributed by atoms with Gasteiger partial charge in [-0.25, -0.2) is 13.6 Å². The third kappa shape index (κ3) is 3.54. The van der Waals surface area contributed by atoms with E-state index in [-0.39, 0.29) is 19.1 Å². The number of likely N-dealkylation sites (tertiary alicyclic amines) is 1. The highest BCUT2D eigenvalue weighted by molar-refractivity contribution is 5.64. The first-order valence-corrected chi connectivity index (χ1v) is 4.00. The van der Waals surface area contributed by atoms with Gasteiger partial charge in [0.05, 0.1) is 13.2 Å². The van der Waals surface area contributed by atoms with E-state index >= 15 is 0 Å². The maximum atomic E-state index is 11.8. The number of amides is 1. The van der Waals surface area contributed by atoms with Gasteiger partial charge in [-0.15, -0.1) is 0 Å². The Morgan fingerprint density at radius 2 is 2.23 bits per heavy atom. The zero-order chi connectivity index (χ0) is 9.84. The summed E-state index contributed by atoms with van der Waals surface area (Å²) in [6.45, 7) is 1.14. The van der Waals surface area contributed by atoms with Crippen LogP contribution in [-0.2, 0) is 4.74 Å². The van der Waals surface area contributed by atoms with Crippen molar-refractivity contribution < 1.29 is 18.3 Å². The van der Waals surface area contributed by atoms with Gasteiger partial charge in [0.25, 0.3) is 6.43 Å². The van der Waals surface area contributed by atoms with Crippen molar-refractivity contribution in [3.05, 3.63) is 0 Å². The Hall–Kier alpha value is -0.910. The standard InChI is InChI=1S/C7H12F2N2O2/c8-6(9)3-11-1-5(2-11)4-13-7(10)12/h5-6H,1-4H2,(H2,10,12). The average Bonchev–Trinajstić information content (AvgIpc) is 1.92. The van der Waals surface area contributed by atoms with Crippen molar-refractivity contribution in [1.82, 2.24) is 4.90 Å². The molecular weight excluding hydrogens is 182 g/mol. The average molecular weight is 194 g/mol. The van der Waals surface area contributed by atoms with Gasteiger partial charge in [0.1, 0.15) is 0 Å². The van der Waals surface area contributed by atoms with Gasteiger partial charge in [0.2, 0.25) is 0 Å². The molecule has 1 amide bonds. The maximum absolute atomic E-state index is 11.8. The fourth-order valence-electron chi connectivity index (χ4n) is 1.33. The van der Waals surface area contributed by atoms with Crippen molar-refractivity contribution in [2.75, 3.05) is 26.2 Å². The van der Waals surface area contributed by atoms with Crippen molar-refractivity contribution in [2.45, 2.75) is 6.43 Å². The van der Waals surface area contributed by atoms with Crippen LogP contribution >= 0.6 is 0 Å². The fraction of sp³-hybridized carbons (Fsp3) is 0.857. The summed E-state index contributed by atoms with van der Waals surface area (Å²) in [7, 11) is 0. The first-order valence-electron chi connectivity index (χ1n) is 4.00. The Kier molecular flexibility index (Phi) is 3.41. The molecule has 0 unspecified atom stereocenters. The van der Waals surface area contributed by atoms with Crippen LogP contribution in [0.3, 0.4) is 0 Å². The van der Waals surface area contributed by atoms with Crippen LogP contribution in [0.25, 0.3) is 0 Å². The first-order chi connectivity index (χ1) is 6.08. The molecule has 0 spiro atoms. The molecule has 13 heavy (non-hydrogen) atoms. The van der Waals surface area contributed by atoms with E-state index < -0.39 is 12.5 Å². The van der Waals surface area contributed by atoms with E-state index in [4.69, 9.17) is 5.73 Å². The van der Waals surface area contributed by atoms with Gasteiger partial charge in [-0.05, 0) is 0 Å². The highest BCUT2D eigenvalue weighted by Crippen LogP contribution is 2.16. The number of halogens is 2. The topological polar surface area (TPSA) is 55.6 Å². The molecule has 0 bridgehead atoms. The molecule has 0 aromatic rings. The second-order valence-corrected chi connectivity index (χ2v) is 3.11. The lowest BCUT2D eigenvalue weighted by atomic mass is 10.0. The number of primary amides is 1. The van der Waals surface area contributed by atoms with Gasteiger partial charge >= 0.3 is 6.09 Å². The minimum atomic E-state index is -2.29. The quantitative estimate of drug-likeness (QED) is 0.699. The Labute approximate surface area is 74.6 Å². The van der Waals surface area contributed by atoms with E-state index in [0.29, 0.717) is 13.1 Å². The molecule has 0 saturated carbocycles. The Morgan fingerprint density at radius 3 is 2.69 bits per heavy atom. The van der Waals surface area contributed by atoms with Gasteiger partial charge in [-0.2, -0.15) is 0 Å². The lowest BCUT2D eigenvalue weighted by molar-refractivity contribution is 0.00127. The van der Waals surface area contributed by atoms with Crippen LogP contribution in [0.15, 0.2) is 0 Å². The molecule has 1 saturated heterocycles. The molecule has 1 rings (SSSR count). The van der Waals surface area contributed by atoms with Gasteiger partial charge in [0, 0.05) is 19.0 Å². The van der Waals surface area contributed by atoms with Crippen molar-refractivity contribution in [3.63, 3.8) is 0 Å². The van der Waals surface area contributed by atoms with Crippen LogP contribution < -0.4 is 5.73 Å². The van der Waals surface area contributed by atoms with Gasteiger partial charge in [0.15, 0.2) is 0 Å². The molecule has 0 aromatic carbocycles. The summed E-state index contributed by atoms with van der Waals surface area (Å²) in [5.41, 5.74) is 4.74. The molecule has 0 aliphatic carbocycles. The number of carbonyl (C=O) groups excluding carboxylic acids is 1. The SMILES string of the molecule is NC(=O)OCC1CN(CC(F)F)C1. The summed E-state index contributed by atoms with van der Waals surface area (Å²) in [6, 6.07) is 0. The maximum Gasteiger partial charge on any atom is 0.404 e. The number of hydrogen-bond acceptors (Lipinski definition) is 3. The molecule has 76 valence electrons. The summed E-state index contributed by atoms with van der Waals surface area (Å²) < 4.78 is 28.1. The number of nitrogens with zero attached hydrogens (tertiary/aromatic N) is 1. The molecule has 0 radical (unpaired) electrons. The Bertz CT molecular complexity index is 183. The van der Waals surface area contributed by atoms with Gasteiger partial charge in [-0.3, -0.25) is 4.90 Å². The molecule has 1 heterocycles. The molecule has 0 atom stereocenters. The summed E-state index contributed by atoms with van der Waals surface area (Å²) in [6.07, 6.45) is -3.11. The molecule has 1 aliphatic heterocycles. The number of ether oxygens (including phenoxy) is 1. The lowest BCUT2D eigenvalue weighted by Gasteiger charge is -2.38. The molecule has 1 fully saturated rings. The second-order valence-electron chi connectivity index (χ2n) is 3.11. The zero-order valence-electron chi connectivity index (χ0n) is 7.08. The van der Waals surface area contributed by atoms with E-state index in [2.05, 4.69) is 4.74 Å². The van der Waals surface area contributed by atoms with Crippen LogP contribution in [-0.4, -0.2) is 43.7 Å². The Balaban J connectivity index is 2.02. The highest BCUT2D eigenvalue weighted by Gasteiger charge is 2.29. The minimum Gasteiger partial charge on any atom is -0.449 e. The number of alkyl halides is 2. The van der Waals surface area contributed by atoms with Gasteiger partial charge in [-0.1, -0.05) is 0 Å². The molecule has 4 nitrogen and oxygen atoms in total. The predicted molar refractivity (Wildman–Crippen MR) is 41.5 cm³/mol. The smallest absolute Gasteiger partial charge is 0.404 e. The molecule has 2 N–H and O–H groups in total. The zero-order valence-corrected chi connectivity index (χ0v) is 7.08. The van der Waals surface area contributed by atoms with Crippen molar-refractivity contribution >= 4 is 6.09 Å². The summed E-state index contributed by atoms with van der Waals surface area (Å²) >= 11 is 0. The Morgan fingerprint density at radius 1 is 1.62 bits per heavy atom. The number of nitrogens with two attached hydrogens (primary N) is 1.